The van der Waals surface area contributed by atoms with Gasteiger partial charge in [-0.15, -0.1) is 0 Å². The van der Waals surface area contributed by atoms with Gasteiger partial charge in [0.05, 0.1) is 19.6 Å². The van der Waals surface area contributed by atoms with Gasteiger partial charge in [-0.1, -0.05) is 49.2 Å². The van der Waals surface area contributed by atoms with E-state index in [0.29, 0.717) is 24.5 Å². The molecule has 0 saturated carbocycles. The zero-order valence-corrected chi connectivity index (χ0v) is 23.7. The van der Waals surface area contributed by atoms with Gasteiger partial charge in [-0.2, -0.15) is 5.10 Å². The van der Waals surface area contributed by atoms with Crippen molar-refractivity contribution in [1.82, 2.24) is 30.8 Å². The Morgan fingerprint density at radius 1 is 0.976 bits per heavy atom. The molecule has 0 fully saturated rings. The molecule has 1 atom stereocenters. The van der Waals surface area contributed by atoms with E-state index >= 15 is 0 Å². The second kappa shape index (κ2) is 12.7. The number of aromatic nitrogens is 4. The van der Waals surface area contributed by atoms with E-state index in [4.69, 9.17) is 9.72 Å². The van der Waals surface area contributed by atoms with Crippen LogP contribution in [-0.2, 0) is 16.0 Å². The van der Waals surface area contributed by atoms with E-state index in [1.165, 1.54) is 0 Å². The number of carbonyl (C=O) groups excluding carboxylic acids is 2. The van der Waals surface area contributed by atoms with Crippen molar-refractivity contribution in [3.8, 4) is 17.1 Å². The minimum atomic E-state index is -0.343. The summed E-state index contributed by atoms with van der Waals surface area (Å²) in [6.45, 7) is 1.98. The standard InChI is InChI=1S/C32H36N6O3/c1-20-25(26-18-24(41-3)15-16-27(26)34-20)19-30(40)35-28(11-5-4-6-12-29(39)33-2)32-36-31(37-38-32)23-14-13-21-9-7-8-10-22(21)17-23/h7-10,13-18,28,34H,4-6,11-12,19H2,1-3H3,(H,33,39)(H,35,40)(H,36,37,38). The van der Waals surface area contributed by atoms with Crippen LogP contribution in [0.25, 0.3) is 33.1 Å². The van der Waals surface area contributed by atoms with Crippen molar-refractivity contribution in [1.29, 1.82) is 0 Å². The van der Waals surface area contributed by atoms with Gasteiger partial charge in [0.25, 0.3) is 0 Å². The normalized spacial score (nSPS) is 12.0. The van der Waals surface area contributed by atoms with Gasteiger partial charge in [0.2, 0.25) is 11.8 Å². The van der Waals surface area contributed by atoms with E-state index in [2.05, 4.69) is 50.1 Å². The minimum absolute atomic E-state index is 0.0378. The number of aromatic amines is 2. The molecule has 0 radical (unpaired) electrons. The van der Waals surface area contributed by atoms with E-state index in [1.54, 1.807) is 14.2 Å². The van der Waals surface area contributed by atoms with Crippen LogP contribution < -0.4 is 15.4 Å². The maximum Gasteiger partial charge on any atom is 0.225 e. The molecule has 0 aliphatic rings. The first-order chi connectivity index (χ1) is 19.9. The molecule has 5 rings (SSSR count). The van der Waals surface area contributed by atoms with Crippen molar-refractivity contribution in [3.63, 3.8) is 0 Å². The van der Waals surface area contributed by atoms with Crippen molar-refractivity contribution < 1.29 is 14.3 Å². The molecular weight excluding hydrogens is 516 g/mol. The smallest absolute Gasteiger partial charge is 0.225 e. The monoisotopic (exact) mass is 552 g/mol. The first-order valence-corrected chi connectivity index (χ1v) is 14.0. The lowest BCUT2D eigenvalue weighted by Crippen LogP contribution is -2.30. The van der Waals surface area contributed by atoms with E-state index in [-0.39, 0.29) is 24.3 Å². The number of fused-ring (bicyclic) bond motifs is 2. The fraction of sp³-hybridized carbons (Fsp3) is 0.312. The topological polar surface area (TPSA) is 125 Å². The molecule has 2 amide bonds. The van der Waals surface area contributed by atoms with Crippen LogP contribution in [0.5, 0.6) is 5.75 Å². The van der Waals surface area contributed by atoms with Crippen LogP contribution in [0.15, 0.2) is 60.7 Å². The van der Waals surface area contributed by atoms with Gasteiger partial charge in [-0.3, -0.25) is 14.7 Å². The third-order valence-corrected chi connectivity index (χ3v) is 7.52. The molecule has 212 valence electrons. The van der Waals surface area contributed by atoms with Crippen molar-refractivity contribution in [3.05, 3.63) is 77.7 Å². The molecular formula is C32H36N6O3. The van der Waals surface area contributed by atoms with Gasteiger partial charge in [-0.25, -0.2) is 4.98 Å². The summed E-state index contributed by atoms with van der Waals surface area (Å²) in [6, 6.07) is 19.8. The van der Waals surface area contributed by atoms with Crippen LogP contribution >= 0.6 is 0 Å². The lowest BCUT2D eigenvalue weighted by Gasteiger charge is -2.16. The first-order valence-electron chi connectivity index (χ1n) is 14.0. The highest BCUT2D eigenvalue weighted by Gasteiger charge is 2.21. The number of unbranched alkanes of at least 4 members (excludes halogenated alkanes) is 2. The highest BCUT2D eigenvalue weighted by Crippen LogP contribution is 2.28. The van der Waals surface area contributed by atoms with Gasteiger partial charge in [-0.05, 0) is 60.4 Å². The highest BCUT2D eigenvalue weighted by molar-refractivity contribution is 5.91. The molecule has 2 aromatic heterocycles. The number of hydrogen-bond acceptors (Lipinski definition) is 5. The molecule has 0 spiro atoms. The van der Waals surface area contributed by atoms with Crippen LogP contribution in [0.1, 0.15) is 55.2 Å². The summed E-state index contributed by atoms with van der Waals surface area (Å²) in [6.07, 6.45) is 3.87. The summed E-state index contributed by atoms with van der Waals surface area (Å²) in [7, 11) is 3.28. The van der Waals surface area contributed by atoms with E-state index in [9.17, 15) is 9.59 Å². The number of H-pyrrole nitrogens is 2. The Balaban J connectivity index is 1.34. The molecule has 2 heterocycles. The summed E-state index contributed by atoms with van der Waals surface area (Å²) < 4.78 is 5.40. The molecule has 0 bridgehead atoms. The number of ether oxygens (including phenoxy) is 1. The number of nitrogens with zero attached hydrogens (tertiary/aromatic N) is 2. The van der Waals surface area contributed by atoms with E-state index in [0.717, 1.165) is 63.5 Å². The van der Waals surface area contributed by atoms with Gasteiger partial charge in [0.15, 0.2) is 5.82 Å². The summed E-state index contributed by atoms with van der Waals surface area (Å²) in [5, 5.41) is 16.7. The molecule has 9 heteroatoms. The van der Waals surface area contributed by atoms with Crippen LogP contribution in [-0.4, -0.2) is 46.1 Å². The Kier molecular flexibility index (Phi) is 8.62. The van der Waals surface area contributed by atoms with Crippen molar-refractivity contribution in [2.75, 3.05) is 14.2 Å². The minimum Gasteiger partial charge on any atom is -0.497 e. The molecule has 0 saturated heterocycles. The summed E-state index contributed by atoms with van der Waals surface area (Å²) in [4.78, 5) is 33.2. The van der Waals surface area contributed by atoms with E-state index < -0.39 is 0 Å². The fourth-order valence-corrected chi connectivity index (χ4v) is 5.22. The van der Waals surface area contributed by atoms with Gasteiger partial charge >= 0.3 is 0 Å². The summed E-state index contributed by atoms with van der Waals surface area (Å²) in [5.74, 6) is 1.89. The second-order valence-corrected chi connectivity index (χ2v) is 10.3. The number of amides is 2. The Hall–Kier alpha value is -4.66. The predicted molar refractivity (Wildman–Crippen MR) is 161 cm³/mol. The Labute approximate surface area is 239 Å². The number of nitrogens with one attached hydrogen (secondary N) is 4. The van der Waals surface area contributed by atoms with Crippen LogP contribution in [0.3, 0.4) is 0 Å². The zero-order valence-electron chi connectivity index (χ0n) is 23.7. The molecule has 0 aliphatic heterocycles. The van der Waals surface area contributed by atoms with E-state index in [1.807, 2.05) is 43.3 Å². The number of methoxy groups -OCH3 is 1. The number of benzene rings is 3. The fourth-order valence-electron chi connectivity index (χ4n) is 5.22. The van der Waals surface area contributed by atoms with Crippen LogP contribution in [0, 0.1) is 6.92 Å². The predicted octanol–water partition coefficient (Wildman–Crippen LogP) is 5.52. The largest absolute Gasteiger partial charge is 0.497 e. The quantitative estimate of drug-likeness (QED) is 0.152. The average Bonchev–Trinajstić information content (AvgIpc) is 3.60. The van der Waals surface area contributed by atoms with Gasteiger partial charge in [0, 0.05) is 35.6 Å². The Morgan fingerprint density at radius 2 is 1.80 bits per heavy atom. The molecule has 0 aliphatic carbocycles. The lowest BCUT2D eigenvalue weighted by molar-refractivity contribution is -0.121. The molecule has 4 N–H and O–H groups in total. The third-order valence-electron chi connectivity index (χ3n) is 7.52. The lowest BCUT2D eigenvalue weighted by atomic mass is 10.0. The number of carbonyl (C=O) groups is 2. The van der Waals surface area contributed by atoms with Gasteiger partial charge < -0.3 is 20.4 Å². The second-order valence-electron chi connectivity index (χ2n) is 10.3. The number of rotatable bonds is 12. The molecule has 41 heavy (non-hydrogen) atoms. The first kappa shape index (κ1) is 27.9. The average molecular weight is 553 g/mol. The highest BCUT2D eigenvalue weighted by atomic mass is 16.5. The molecule has 5 aromatic rings. The maximum absolute atomic E-state index is 13.4. The van der Waals surface area contributed by atoms with Crippen molar-refractivity contribution in [2.45, 2.75) is 51.5 Å². The van der Waals surface area contributed by atoms with Gasteiger partial charge in [0.1, 0.15) is 11.6 Å². The SMILES string of the molecule is CNC(=O)CCCCCC(NC(=O)Cc1c(C)[nH]c2ccc(OC)cc12)c1nc(-c2ccc3ccccc3c2)n[nH]1. The Bertz CT molecular complexity index is 1670. The Morgan fingerprint density at radius 3 is 2.61 bits per heavy atom. The maximum atomic E-state index is 13.4. The molecule has 3 aromatic carbocycles. The van der Waals surface area contributed by atoms with Crippen LogP contribution in [0.2, 0.25) is 0 Å². The third kappa shape index (κ3) is 6.57. The number of aryl methyl sites for hydroxylation is 1. The summed E-state index contributed by atoms with van der Waals surface area (Å²) in [5.41, 5.74) is 3.77. The molecule has 1 unspecified atom stereocenters. The number of hydrogen-bond donors (Lipinski definition) is 4. The van der Waals surface area contributed by atoms with Crippen LogP contribution in [0.4, 0.5) is 0 Å². The summed E-state index contributed by atoms with van der Waals surface area (Å²) >= 11 is 0. The molecule has 9 nitrogen and oxygen atoms in total. The van der Waals surface area contributed by atoms with Crippen molar-refractivity contribution in [2.24, 2.45) is 0 Å². The van der Waals surface area contributed by atoms with Crippen molar-refractivity contribution >= 4 is 33.5 Å². The zero-order chi connectivity index (χ0) is 28.8.